The molecule has 0 saturated carbocycles. The number of fused-ring (bicyclic) bond motifs is 4. The fourth-order valence-corrected chi connectivity index (χ4v) is 5.19. The van der Waals surface area contributed by atoms with Crippen LogP contribution in [0.2, 0.25) is 0 Å². The van der Waals surface area contributed by atoms with E-state index in [4.69, 9.17) is 4.74 Å². The van der Waals surface area contributed by atoms with E-state index < -0.39 is 6.10 Å². The van der Waals surface area contributed by atoms with Crippen molar-refractivity contribution in [1.82, 2.24) is 14.1 Å². The normalized spacial score (nSPS) is 19.0. The summed E-state index contributed by atoms with van der Waals surface area (Å²) in [4.78, 5) is 18.3. The second-order valence-electron chi connectivity index (χ2n) is 8.89. The fourth-order valence-electron chi connectivity index (χ4n) is 5.19. The van der Waals surface area contributed by atoms with Crippen molar-refractivity contribution < 1.29 is 9.84 Å². The highest BCUT2D eigenvalue weighted by Gasteiger charge is 2.27. The number of nitrogens with zero attached hydrogens (tertiary/aromatic N) is 3. The summed E-state index contributed by atoms with van der Waals surface area (Å²) >= 11 is 0. The Morgan fingerprint density at radius 2 is 1.88 bits per heavy atom. The van der Waals surface area contributed by atoms with Crippen molar-refractivity contribution in [2.24, 2.45) is 7.05 Å². The first-order valence-corrected chi connectivity index (χ1v) is 11.3. The van der Waals surface area contributed by atoms with Crippen LogP contribution in [0, 0.1) is 0 Å². The van der Waals surface area contributed by atoms with Crippen molar-refractivity contribution in [1.29, 1.82) is 0 Å². The van der Waals surface area contributed by atoms with Gasteiger partial charge in [0.1, 0.15) is 0 Å². The number of ether oxygens (including phenoxy) is 1. The van der Waals surface area contributed by atoms with E-state index >= 15 is 0 Å². The van der Waals surface area contributed by atoms with Crippen LogP contribution in [0.1, 0.15) is 23.6 Å². The van der Waals surface area contributed by atoms with Crippen molar-refractivity contribution in [2.75, 3.05) is 13.2 Å². The number of benzene rings is 3. The molecule has 1 aliphatic heterocycles. The van der Waals surface area contributed by atoms with Gasteiger partial charge in [0.05, 0.1) is 36.0 Å². The minimum absolute atomic E-state index is 0.115. The van der Waals surface area contributed by atoms with Crippen LogP contribution in [0.25, 0.3) is 32.6 Å². The molecule has 1 N–H and O–H groups in total. The Morgan fingerprint density at radius 1 is 1.03 bits per heavy atom. The lowest BCUT2D eigenvalue weighted by Gasteiger charge is -2.29. The molecule has 6 heteroatoms. The number of aliphatic hydroxyl groups excluding tert-OH is 1. The molecule has 2 atom stereocenters. The summed E-state index contributed by atoms with van der Waals surface area (Å²) in [5.74, 6) is 0. The number of aliphatic hydroxyl groups is 1. The largest absolute Gasteiger partial charge is 0.389 e. The van der Waals surface area contributed by atoms with Gasteiger partial charge in [0.2, 0.25) is 0 Å². The van der Waals surface area contributed by atoms with Crippen LogP contribution in [-0.4, -0.2) is 38.5 Å². The van der Waals surface area contributed by atoms with Gasteiger partial charge >= 0.3 is 0 Å². The summed E-state index contributed by atoms with van der Waals surface area (Å²) in [5, 5.41) is 14.3. The van der Waals surface area contributed by atoms with E-state index in [1.165, 1.54) is 16.5 Å². The monoisotopic (exact) mass is 439 g/mol. The third-order valence-electron chi connectivity index (χ3n) is 6.93. The quantitative estimate of drug-likeness (QED) is 0.432. The maximum Gasteiger partial charge on any atom is 0.261 e. The van der Waals surface area contributed by atoms with E-state index in [1.54, 1.807) is 10.9 Å². The van der Waals surface area contributed by atoms with E-state index in [9.17, 15) is 9.90 Å². The molecule has 3 heterocycles. The Morgan fingerprint density at radius 3 is 2.73 bits per heavy atom. The summed E-state index contributed by atoms with van der Waals surface area (Å²) < 4.78 is 9.07. The Balaban J connectivity index is 1.56. The zero-order chi connectivity index (χ0) is 22.5. The van der Waals surface area contributed by atoms with Gasteiger partial charge in [-0.3, -0.25) is 9.36 Å². The fraction of sp³-hybridized carbons (Fsp3) is 0.259. The highest BCUT2D eigenvalue weighted by molar-refractivity contribution is 6.06. The molecule has 1 fully saturated rings. The Bertz CT molecular complexity index is 1570. The lowest BCUT2D eigenvalue weighted by atomic mass is 9.94. The average Bonchev–Trinajstić information content (AvgIpc) is 3.22. The van der Waals surface area contributed by atoms with E-state index in [0.717, 1.165) is 16.3 Å². The van der Waals surface area contributed by atoms with Gasteiger partial charge in [0, 0.05) is 36.1 Å². The predicted molar refractivity (Wildman–Crippen MR) is 130 cm³/mol. The van der Waals surface area contributed by atoms with Gasteiger partial charge in [-0.15, -0.1) is 0 Å². The van der Waals surface area contributed by atoms with Gasteiger partial charge in [0.25, 0.3) is 5.56 Å². The van der Waals surface area contributed by atoms with E-state index in [-0.39, 0.29) is 18.2 Å². The summed E-state index contributed by atoms with van der Waals surface area (Å²) in [6.45, 7) is 0.759. The molecule has 6 rings (SSSR count). The Hall–Kier alpha value is -3.48. The van der Waals surface area contributed by atoms with Crippen LogP contribution in [0.3, 0.4) is 0 Å². The lowest BCUT2D eigenvalue weighted by molar-refractivity contribution is -0.0395. The Kier molecular flexibility index (Phi) is 4.78. The van der Waals surface area contributed by atoms with Crippen LogP contribution in [0.15, 0.2) is 71.9 Å². The van der Waals surface area contributed by atoms with Gasteiger partial charge in [-0.05, 0) is 47.6 Å². The van der Waals surface area contributed by atoms with Gasteiger partial charge < -0.3 is 14.4 Å². The molecule has 2 aromatic heterocycles. The topological polar surface area (TPSA) is 69.3 Å². The minimum atomic E-state index is -0.716. The third-order valence-corrected chi connectivity index (χ3v) is 6.93. The van der Waals surface area contributed by atoms with Crippen LogP contribution in [0.5, 0.6) is 0 Å². The second kappa shape index (κ2) is 7.83. The lowest BCUT2D eigenvalue weighted by Crippen LogP contribution is -2.39. The first-order valence-electron chi connectivity index (χ1n) is 11.3. The molecule has 1 saturated heterocycles. The molecule has 0 aliphatic carbocycles. The first-order chi connectivity index (χ1) is 16.1. The standard InChI is InChI=1S/C27H25N3O3/c1-29-11-9-20-17(5-4-8-23(20)29)13-18-14-22-26(21-7-3-2-6-19(18)21)28-16-30(27(22)32)24-10-12-33-15-25(24)31/h2-9,11,14,16,24-25,31H,10,12-13,15H2,1H3/t24-,25-/m0/s1. The van der Waals surface area contributed by atoms with E-state index in [1.807, 2.05) is 24.3 Å². The van der Waals surface area contributed by atoms with Gasteiger partial charge in [-0.25, -0.2) is 4.98 Å². The van der Waals surface area contributed by atoms with Crippen molar-refractivity contribution in [3.8, 4) is 0 Å². The third kappa shape index (κ3) is 3.25. The summed E-state index contributed by atoms with van der Waals surface area (Å²) in [6, 6.07) is 18.3. The highest BCUT2D eigenvalue weighted by Crippen LogP contribution is 2.30. The smallest absolute Gasteiger partial charge is 0.261 e. The summed E-state index contributed by atoms with van der Waals surface area (Å²) in [5.41, 5.74) is 4.10. The number of hydrogen-bond acceptors (Lipinski definition) is 4. The van der Waals surface area contributed by atoms with Gasteiger partial charge in [-0.1, -0.05) is 36.4 Å². The maximum absolute atomic E-state index is 13.6. The molecule has 0 amide bonds. The van der Waals surface area contributed by atoms with E-state index in [0.29, 0.717) is 30.4 Å². The zero-order valence-corrected chi connectivity index (χ0v) is 18.4. The number of hydrogen-bond donors (Lipinski definition) is 1. The molecule has 1 aliphatic rings. The zero-order valence-electron chi connectivity index (χ0n) is 18.4. The van der Waals surface area contributed by atoms with Crippen molar-refractivity contribution in [3.63, 3.8) is 0 Å². The molecule has 0 bridgehead atoms. The van der Waals surface area contributed by atoms with Crippen LogP contribution in [-0.2, 0) is 18.2 Å². The summed E-state index contributed by atoms with van der Waals surface area (Å²) in [7, 11) is 2.05. The molecule has 0 spiro atoms. The molecule has 3 aromatic carbocycles. The molecule has 0 unspecified atom stereocenters. The number of rotatable bonds is 3. The predicted octanol–water partition coefficient (Wildman–Crippen LogP) is 3.95. The van der Waals surface area contributed by atoms with Gasteiger partial charge in [-0.2, -0.15) is 0 Å². The second-order valence-corrected chi connectivity index (χ2v) is 8.89. The van der Waals surface area contributed by atoms with Crippen LogP contribution >= 0.6 is 0 Å². The number of aryl methyl sites for hydroxylation is 1. The van der Waals surface area contributed by atoms with Gasteiger partial charge in [0.15, 0.2) is 0 Å². The molecular formula is C27H25N3O3. The maximum atomic E-state index is 13.6. The molecular weight excluding hydrogens is 414 g/mol. The summed E-state index contributed by atoms with van der Waals surface area (Å²) in [6.07, 6.45) is 4.25. The molecule has 166 valence electrons. The minimum Gasteiger partial charge on any atom is -0.389 e. The van der Waals surface area contributed by atoms with Crippen LogP contribution < -0.4 is 5.56 Å². The van der Waals surface area contributed by atoms with Crippen molar-refractivity contribution in [3.05, 3.63) is 88.6 Å². The van der Waals surface area contributed by atoms with E-state index in [2.05, 4.69) is 53.1 Å². The average molecular weight is 440 g/mol. The van der Waals surface area contributed by atoms with Crippen LogP contribution in [0.4, 0.5) is 0 Å². The molecule has 5 aromatic rings. The Labute approximate surface area is 190 Å². The van der Waals surface area contributed by atoms with Crippen molar-refractivity contribution >= 4 is 32.6 Å². The highest BCUT2D eigenvalue weighted by atomic mass is 16.5. The van der Waals surface area contributed by atoms with Crippen molar-refractivity contribution in [2.45, 2.75) is 25.0 Å². The number of aromatic nitrogens is 3. The first kappa shape index (κ1) is 20.1. The molecule has 0 radical (unpaired) electrons. The molecule has 33 heavy (non-hydrogen) atoms. The molecule has 6 nitrogen and oxygen atoms in total. The SMILES string of the molecule is Cn1ccc2c(Cc3cc4c(=O)n([C@H]5CCOC[C@@H]5O)cnc4c4ccccc34)cccc21.